The van der Waals surface area contributed by atoms with Gasteiger partial charge >= 0.3 is 0 Å². The van der Waals surface area contributed by atoms with Crippen LogP contribution in [0.3, 0.4) is 0 Å². The van der Waals surface area contributed by atoms with Gasteiger partial charge in [0.05, 0.1) is 5.69 Å². The topological polar surface area (TPSA) is 43.9 Å². The Kier molecular flexibility index (Phi) is 4.34. The average Bonchev–Trinajstić information content (AvgIpc) is 3.25. The number of oxazole rings is 1. The maximum atomic E-state index is 5.73. The van der Waals surface area contributed by atoms with E-state index < -0.39 is 0 Å². The molecule has 2 heterocycles. The largest absolute Gasteiger partial charge is 0.441 e. The Hall–Kier alpha value is -2.88. The average molecular weight is 359 g/mol. The van der Waals surface area contributed by atoms with Crippen molar-refractivity contribution >= 4 is 11.1 Å². The van der Waals surface area contributed by atoms with Gasteiger partial charge in [0.1, 0.15) is 11.3 Å². The maximum Gasteiger partial charge on any atom is 0.192 e. The zero-order chi connectivity index (χ0) is 19.1. The Balaban J connectivity index is 2.01. The van der Waals surface area contributed by atoms with Gasteiger partial charge in [-0.3, -0.25) is 4.57 Å². The second kappa shape index (κ2) is 6.69. The number of fused-ring (bicyclic) bond motifs is 1. The summed E-state index contributed by atoms with van der Waals surface area (Å²) in [6.07, 6.45) is 3.91. The summed E-state index contributed by atoms with van der Waals surface area (Å²) in [6.45, 7) is 10.8. The highest BCUT2D eigenvalue weighted by atomic mass is 16.3. The van der Waals surface area contributed by atoms with Crippen LogP contribution in [-0.4, -0.2) is 14.5 Å². The second-order valence-corrected chi connectivity index (χ2v) is 7.60. The quantitative estimate of drug-likeness (QED) is 0.433. The summed E-state index contributed by atoms with van der Waals surface area (Å²) >= 11 is 0. The molecule has 27 heavy (non-hydrogen) atoms. The Morgan fingerprint density at radius 3 is 2.26 bits per heavy atom. The monoisotopic (exact) mass is 359 g/mol. The van der Waals surface area contributed by atoms with E-state index in [0.717, 1.165) is 22.5 Å². The summed E-state index contributed by atoms with van der Waals surface area (Å²) in [6, 6.07) is 12.6. The summed E-state index contributed by atoms with van der Waals surface area (Å²) in [5.74, 6) is 2.39. The van der Waals surface area contributed by atoms with Gasteiger partial charge in [0.2, 0.25) is 0 Å². The molecule has 4 aromatic rings. The molecule has 0 spiro atoms. The van der Waals surface area contributed by atoms with Crippen molar-refractivity contribution in [3.63, 3.8) is 0 Å². The highest BCUT2D eigenvalue weighted by Gasteiger charge is 2.20. The second-order valence-electron chi connectivity index (χ2n) is 7.60. The fraction of sp³-hybridized carbons (Fsp3) is 0.304. The number of aryl methyl sites for hydroxylation is 1. The Labute approximate surface area is 159 Å². The van der Waals surface area contributed by atoms with Gasteiger partial charge in [-0.25, -0.2) is 9.97 Å². The van der Waals surface area contributed by atoms with Gasteiger partial charge in [0.15, 0.2) is 11.5 Å². The number of hydrogen-bond acceptors (Lipinski definition) is 3. The SMILES string of the molecule is Cc1nc2c(-c3nccn3-c3c(C(C)C)cccc3C(C)C)cccc2o1. The zero-order valence-corrected chi connectivity index (χ0v) is 16.5. The predicted molar refractivity (Wildman–Crippen MR) is 109 cm³/mol. The molecule has 0 aliphatic rings. The van der Waals surface area contributed by atoms with Crippen molar-refractivity contribution in [2.24, 2.45) is 0 Å². The van der Waals surface area contributed by atoms with Crippen LogP contribution in [0.2, 0.25) is 0 Å². The maximum absolute atomic E-state index is 5.73. The Morgan fingerprint density at radius 1 is 0.926 bits per heavy atom. The van der Waals surface area contributed by atoms with Crippen LogP contribution < -0.4 is 0 Å². The molecule has 2 aromatic carbocycles. The number of nitrogens with zero attached hydrogens (tertiary/aromatic N) is 3. The van der Waals surface area contributed by atoms with Crippen LogP contribution in [0, 0.1) is 6.92 Å². The van der Waals surface area contributed by atoms with Crippen molar-refractivity contribution in [2.45, 2.75) is 46.5 Å². The van der Waals surface area contributed by atoms with Crippen LogP contribution in [0.5, 0.6) is 0 Å². The molecule has 4 heteroatoms. The Bertz CT molecular complexity index is 1080. The van der Waals surface area contributed by atoms with Crippen molar-refractivity contribution < 1.29 is 4.42 Å². The van der Waals surface area contributed by atoms with E-state index in [0.29, 0.717) is 17.7 Å². The summed E-state index contributed by atoms with van der Waals surface area (Å²) < 4.78 is 7.94. The normalized spacial score (nSPS) is 11.8. The van der Waals surface area contributed by atoms with E-state index in [-0.39, 0.29) is 0 Å². The molecule has 2 aromatic heterocycles. The molecule has 0 bridgehead atoms. The summed E-state index contributed by atoms with van der Waals surface area (Å²) in [5.41, 5.74) is 6.51. The fourth-order valence-corrected chi connectivity index (χ4v) is 3.71. The lowest BCUT2D eigenvalue weighted by molar-refractivity contribution is 0.561. The summed E-state index contributed by atoms with van der Waals surface area (Å²) in [5, 5.41) is 0. The van der Waals surface area contributed by atoms with E-state index in [4.69, 9.17) is 9.40 Å². The van der Waals surface area contributed by atoms with Gasteiger partial charge in [0.25, 0.3) is 0 Å². The van der Waals surface area contributed by atoms with Crippen molar-refractivity contribution in [3.8, 4) is 17.1 Å². The molecular formula is C23H25N3O. The first-order valence-electron chi connectivity index (χ1n) is 9.50. The van der Waals surface area contributed by atoms with Crippen LogP contribution in [0.1, 0.15) is 56.5 Å². The smallest absolute Gasteiger partial charge is 0.192 e. The van der Waals surface area contributed by atoms with E-state index in [1.54, 1.807) is 0 Å². The number of aromatic nitrogens is 3. The minimum atomic E-state index is 0.416. The van der Waals surface area contributed by atoms with Crippen LogP contribution in [-0.2, 0) is 0 Å². The molecule has 0 aliphatic carbocycles. The van der Waals surface area contributed by atoms with Crippen molar-refractivity contribution in [1.29, 1.82) is 0 Å². The molecule has 4 nitrogen and oxygen atoms in total. The molecule has 0 saturated carbocycles. The van der Waals surface area contributed by atoms with Crippen molar-refractivity contribution in [2.75, 3.05) is 0 Å². The summed E-state index contributed by atoms with van der Waals surface area (Å²) in [4.78, 5) is 9.30. The fourth-order valence-electron chi connectivity index (χ4n) is 3.71. The van der Waals surface area contributed by atoms with E-state index in [2.05, 4.69) is 61.5 Å². The number of hydrogen-bond donors (Lipinski definition) is 0. The van der Waals surface area contributed by atoms with Gasteiger partial charge in [0, 0.05) is 24.9 Å². The van der Waals surface area contributed by atoms with E-state index in [1.807, 2.05) is 31.5 Å². The number of benzene rings is 2. The number of rotatable bonds is 4. The highest BCUT2D eigenvalue weighted by Crippen LogP contribution is 2.35. The Morgan fingerprint density at radius 2 is 1.59 bits per heavy atom. The van der Waals surface area contributed by atoms with Gasteiger partial charge < -0.3 is 4.42 Å². The van der Waals surface area contributed by atoms with Gasteiger partial charge in [-0.15, -0.1) is 0 Å². The van der Waals surface area contributed by atoms with Crippen molar-refractivity contribution in [1.82, 2.24) is 14.5 Å². The molecule has 0 fully saturated rings. The third-order valence-electron chi connectivity index (χ3n) is 4.99. The zero-order valence-electron chi connectivity index (χ0n) is 16.5. The molecule has 0 saturated heterocycles. The number of imidazole rings is 1. The lowest BCUT2D eigenvalue weighted by atomic mass is 9.92. The molecular weight excluding hydrogens is 334 g/mol. The first kappa shape index (κ1) is 17.5. The third kappa shape index (κ3) is 2.95. The van der Waals surface area contributed by atoms with Crippen LogP contribution in [0.4, 0.5) is 0 Å². The summed E-state index contributed by atoms with van der Waals surface area (Å²) in [7, 11) is 0. The van der Waals surface area contributed by atoms with Gasteiger partial charge in [-0.05, 0) is 35.1 Å². The van der Waals surface area contributed by atoms with Gasteiger partial charge in [-0.2, -0.15) is 0 Å². The molecule has 4 rings (SSSR count). The predicted octanol–water partition coefficient (Wildman–Crippen LogP) is 6.24. The first-order chi connectivity index (χ1) is 13.0. The standard InChI is InChI=1S/C23H25N3O/c1-14(2)17-8-6-9-18(15(3)4)22(17)26-13-12-24-23(26)19-10-7-11-20-21(19)25-16(5)27-20/h6-15H,1-5H3. The minimum Gasteiger partial charge on any atom is -0.441 e. The first-order valence-corrected chi connectivity index (χ1v) is 9.50. The van der Waals surface area contributed by atoms with Gasteiger partial charge in [-0.1, -0.05) is 52.0 Å². The van der Waals surface area contributed by atoms with Crippen molar-refractivity contribution in [3.05, 3.63) is 65.8 Å². The van der Waals surface area contributed by atoms with E-state index in [9.17, 15) is 0 Å². The lowest BCUT2D eigenvalue weighted by Crippen LogP contribution is -2.08. The van der Waals surface area contributed by atoms with E-state index in [1.165, 1.54) is 16.8 Å². The highest BCUT2D eigenvalue weighted by molar-refractivity contribution is 5.89. The third-order valence-corrected chi connectivity index (χ3v) is 4.99. The van der Waals surface area contributed by atoms with Crippen LogP contribution >= 0.6 is 0 Å². The molecule has 0 amide bonds. The minimum absolute atomic E-state index is 0.416. The molecule has 0 atom stereocenters. The molecule has 0 aliphatic heterocycles. The van der Waals surface area contributed by atoms with E-state index >= 15 is 0 Å². The molecule has 0 radical (unpaired) electrons. The molecule has 138 valence electrons. The molecule has 0 N–H and O–H groups in total. The van der Waals surface area contributed by atoms with Crippen LogP contribution in [0.15, 0.2) is 53.2 Å². The lowest BCUT2D eigenvalue weighted by Gasteiger charge is -2.21. The molecule has 0 unspecified atom stereocenters. The number of para-hydroxylation sites is 2. The van der Waals surface area contributed by atoms with Crippen LogP contribution in [0.25, 0.3) is 28.2 Å².